The number of hydrogen-bond donors (Lipinski definition) is 0. The molecule has 1 atom stereocenters. The minimum atomic E-state index is -0.308. The first-order valence-electron chi connectivity index (χ1n) is 9.34. The molecule has 1 amide bonds. The second-order valence-electron chi connectivity index (χ2n) is 7.38. The van der Waals surface area contributed by atoms with Crippen molar-refractivity contribution in [3.05, 3.63) is 45.9 Å². The van der Waals surface area contributed by atoms with Crippen LogP contribution in [0.3, 0.4) is 0 Å². The topological polar surface area (TPSA) is 82.2 Å². The van der Waals surface area contributed by atoms with Gasteiger partial charge in [-0.15, -0.1) is 10.2 Å². The number of nitrogens with zero attached hydrogens (tertiary/aromatic N) is 5. The average molecular weight is 373 g/mol. The van der Waals surface area contributed by atoms with Crippen LogP contribution in [0.1, 0.15) is 54.5 Å². The van der Waals surface area contributed by atoms with E-state index in [4.69, 9.17) is 4.74 Å². The highest BCUT2D eigenvalue weighted by Gasteiger charge is 2.23. The highest BCUT2D eigenvalue weighted by atomic mass is 16.5. The van der Waals surface area contributed by atoms with Crippen molar-refractivity contribution < 1.29 is 9.53 Å². The lowest BCUT2D eigenvalue weighted by molar-refractivity contribution is 0.0772. The summed E-state index contributed by atoms with van der Waals surface area (Å²) in [6, 6.07) is 2.01. The Balaban J connectivity index is 1.82. The standard InChI is InChI=1S/C19H27N5O3/c1-13(2)24-12-20-21-16(24)11-22(4)18(25)17-14(3)7-8-23(19(17)26)10-15-6-5-9-27-15/h7-8,12-13,15H,5-6,9-11H2,1-4H3. The Morgan fingerprint density at radius 1 is 1.44 bits per heavy atom. The van der Waals surface area contributed by atoms with Crippen molar-refractivity contribution >= 4 is 5.91 Å². The van der Waals surface area contributed by atoms with Gasteiger partial charge < -0.3 is 18.8 Å². The molecule has 3 heterocycles. The third kappa shape index (κ3) is 4.10. The number of rotatable bonds is 6. The maximum atomic E-state index is 13.0. The summed E-state index contributed by atoms with van der Waals surface area (Å²) in [5, 5.41) is 8.03. The number of aryl methyl sites for hydroxylation is 1. The van der Waals surface area contributed by atoms with Gasteiger partial charge in [-0.2, -0.15) is 0 Å². The molecule has 1 unspecified atom stereocenters. The molecule has 0 aromatic carbocycles. The first-order valence-corrected chi connectivity index (χ1v) is 9.34. The Kier molecular flexibility index (Phi) is 5.74. The van der Waals surface area contributed by atoms with E-state index in [1.165, 1.54) is 4.90 Å². The highest BCUT2D eigenvalue weighted by molar-refractivity contribution is 5.95. The van der Waals surface area contributed by atoms with Gasteiger partial charge in [0.15, 0.2) is 5.82 Å². The van der Waals surface area contributed by atoms with Crippen LogP contribution in [0, 0.1) is 6.92 Å². The van der Waals surface area contributed by atoms with Gasteiger partial charge in [-0.1, -0.05) is 0 Å². The van der Waals surface area contributed by atoms with Crippen LogP contribution in [0.2, 0.25) is 0 Å². The Morgan fingerprint density at radius 2 is 2.22 bits per heavy atom. The molecular weight excluding hydrogens is 346 g/mol. The molecule has 0 radical (unpaired) electrons. The molecule has 0 N–H and O–H groups in total. The second kappa shape index (κ2) is 8.04. The van der Waals surface area contributed by atoms with Crippen LogP contribution in [0.25, 0.3) is 0 Å². The average Bonchev–Trinajstić information content (AvgIpc) is 3.29. The van der Waals surface area contributed by atoms with Crippen molar-refractivity contribution in [2.24, 2.45) is 0 Å². The molecule has 1 aliphatic rings. The molecule has 8 nitrogen and oxygen atoms in total. The molecule has 1 saturated heterocycles. The molecule has 0 bridgehead atoms. The van der Waals surface area contributed by atoms with Crippen LogP contribution in [0.15, 0.2) is 23.4 Å². The molecule has 1 aliphatic heterocycles. The summed E-state index contributed by atoms with van der Waals surface area (Å²) in [4.78, 5) is 27.5. The van der Waals surface area contributed by atoms with Crippen molar-refractivity contribution in [1.82, 2.24) is 24.2 Å². The lowest BCUT2D eigenvalue weighted by atomic mass is 10.1. The number of amides is 1. The lowest BCUT2D eigenvalue weighted by Crippen LogP contribution is -2.36. The van der Waals surface area contributed by atoms with Gasteiger partial charge in [0.1, 0.15) is 11.9 Å². The number of carbonyl (C=O) groups is 1. The van der Waals surface area contributed by atoms with Crippen LogP contribution < -0.4 is 5.56 Å². The van der Waals surface area contributed by atoms with Crippen molar-refractivity contribution in [3.8, 4) is 0 Å². The van der Waals surface area contributed by atoms with Gasteiger partial charge in [-0.25, -0.2) is 0 Å². The molecular formula is C19H27N5O3. The Labute approximate surface area is 158 Å². The van der Waals surface area contributed by atoms with Crippen molar-refractivity contribution in [2.45, 2.75) is 58.8 Å². The van der Waals surface area contributed by atoms with E-state index in [0.29, 0.717) is 17.9 Å². The van der Waals surface area contributed by atoms with E-state index in [1.54, 1.807) is 31.1 Å². The second-order valence-corrected chi connectivity index (χ2v) is 7.38. The monoisotopic (exact) mass is 373 g/mol. The van der Waals surface area contributed by atoms with Crippen LogP contribution in [-0.4, -0.2) is 49.9 Å². The first kappa shape index (κ1) is 19.3. The third-order valence-electron chi connectivity index (χ3n) is 4.94. The van der Waals surface area contributed by atoms with E-state index in [-0.39, 0.29) is 35.7 Å². The van der Waals surface area contributed by atoms with Gasteiger partial charge in [0.2, 0.25) is 0 Å². The van der Waals surface area contributed by atoms with E-state index in [2.05, 4.69) is 10.2 Å². The normalized spacial score (nSPS) is 16.9. The van der Waals surface area contributed by atoms with Crippen LogP contribution >= 0.6 is 0 Å². The molecule has 0 spiro atoms. The van der Waals surface area contributed by atoms with E-state index >= 15 is 0 Å². The largest absolute Gasteiger partial charge is 0.376 e. The molecule has 146 valence electrons. The maximum Gasteiger partial charge on any atom is 0.263 e. The quantitative estimate of drug-likeness (QED) is 0.771. The molecule has 27 heavy (non-hydrogen) atoms. The molecule has 0 aliphatic carbocycles. The fourth-order valence-corrected chi connectivity index (χ4v) is 3.36. The number of carbonyl (C=O) groups excluding carboxylic acids is 1. The van der Waals surface area contributed by atoms with Crippen molar-refractivity contribution in [1.29, 1.82) is 0 Å². The molecule has 2 aromatic heterocycles. The van der Waals surface area contributed by atoms with Crippen molar-refractivity contribution in [2.75, 3.05) is 13.7 Å². The summed E-state index contributed by atoms with van der Waals surface area (Å²) in [6.07, 6.45) is 5.38. The molecule has 3 rings (SSSR count). The first-order chi connectivity index (χ1) is 12.9. The van der Waals surface area contributed by atoms with E-state index in [1.807, 2.05) is 24.5 Å². The third-order valence-corrected chi connectivity index (χ3v) is 4.94. The zero-order valence-corrected chi connectivity index (χ0v) is 16.4. The lowest BCUT2D eigenvalue weighted by Gasteiger charge is -2.20. The summed E-state index contributed by atoms with van der Waals surface area (Å²) in [5.74, 6) is 0.381. The van der Waals surface area contributed by atoms with Crippen LogP contribution in [-0.2, 0) is 17.8 Å². The van der Waals surface area contributed by atoms with Gasteiger partial charge >= 0.3 is 0 Å². The number of ether oxygens (including phenoxy) is 1. The minimum absolute atomic E-state index is 0.0377. The number of aromatic nitrogens is 4. The number of hydrogen-bond acceptors (Lipinski definition) is 5. The smallest absolute Gasteiger partial charge is 0.263 e. The van der Waals surface area contributed by atoms with E-state index < -0.39 is 0 Å². The SMILES string of the molecule is Cc1ccn(CC2CCCO2)c(=O)c1C(=O)N(C)Cc1nncn1C(C)C. The molecule has 0 saturated carbocycles. The Bertz CT molecular complexity index is 864. The van der Waals surface area contributed by atoms with Crippen LogP contribution in [0.4, 0.5) is 0 Å². The summed E-state index contributed by atoms with van der Waals surface area (Å²) >= 11 is 0. The molecule has 2 aromatic rings. The maximum absolute atomic E-state index is 13.0. The highest BCUT2D eigenvalue weighted by Crippen LogP contribution is 2.15. The number of pyridine rings is 1. The summed E-state index contributed by atoms with van der Waals surface area (Å²) in [6.45, 7) is 7.34. The zero-order valence-electron chi connectivity index (χ0n) is 16.4. The molecule has 1 fully saturated rings. The Hall–Kier alpha value is -2.48. The summed E-state index contributed by atoms with van der Waals surface area (Å²) in [7, 11) is 1.68. The molecule has 8 heteroatoms. The predicted molar refractivity (Wildman–Crippen MR) is 101 cm³/mol. The summed E-state index contributed by atoms with van der Waals surface area (Å²) < 4.78 is 9.12. The summed E-state index contributed by atoms with van der Waals surface area (Å²) in [5.41, 5.74) is 0.604. The van der Waals surface area contributed by atoms with Gasteiger partial charge in [-0.05, 0) is 45.2 Å². The van der Waals surface area contributed by atoms with Gasteiger partial charge in [-0.3, -0.25) is 9.59 Å². The fraction of sp³-hybridized carbons (Fsp3) is 0.579. The minimum Gasteiger partial charge on any atom is -0.376 e. The fourth-order valence-electron chi connectivity index (χ4n) is 3.36. The van der Waals surface area contributed by atoms with Crippen LogP contribution in [0.5, 0.6) is 0 Å². The van der Waals surface area contributed by atoms with Gasteiger partial charge in [0.05, 0.1) is 19.2 Å². The Morgan fingerprint density at radius 3 is 2.89 bits per heavy atom. The van der Waals surface area contributed by atoms with E-state index in [0.717, 1.165) is 19.4 Å². The van der Waals surface area contributed by atoms with Gasteiger partial charge in [0, 0.05) is 25.9 Å². The van der Waals surface area contributed by atoms with Gasteiger partial charge in [0.25, 0.3) is 11.5 Å². The zero-order chi connectivity index (χ0) is 19.6. The predicted octanol–water partition coefficient (Wildman–Crippen LogP) is 1.78. The van der Waals surface area contributed by atoms with Crippen molar-refractivity contribution in [3.63, 3.8) is 0 Å². The van der Waals surface area contributed by atoms with E-state index in [9.17, 15) is 9.59 Å².